The highest BCUT2D eigenvalue weighted by Gasteiger charge is 2.34. The molecule has 0 spiro atoms. The molecular formula is C10H11F4N3O. The number of oxime groups is 1. The van der Waals surface area contributed by atoms with Crippen LogP contribution in [0.2, 0.25) is 0 Å². The molecule has 0 heterocycles. The molecule has 100 valence electrons. The van der Waals surface area contributed by atoms with Gasteiger partial charge >= 0.3 is 6.18 Å². The van der Waals surface area contributed by atoms with Crippen LogP contribution in [0.15, 0.2) is 23.4 Å². The third-order valence-corrected chi connectivity index (χ3v) is 2.21. The molecule has 0 amide bonds. The van der Waals surface area contributed by atoms with Crippen molar-refractivity contribution in [2.45, 2.75) is 19.1 Å². The molecule has 0 aliphatic rings. The molecule has 0 fully saturated rings. The summed E-state index contributed by atoms with van der Waals surface area (Å²) in [6.45, 7) is 1.48. The number of rotatable bonds is 3. The molecule has 1 unspecified atom stereocenters. The number of nitrogens with one attached hydrogen (secondary N) is 1. The smallest absolute Gasteiger partial charge is 0.409 e. The average Bonchev–Trinajstić information content (AvgIpc) is 2.29. The zero-order chi connectivity index (χ0) is 13.9. The van der Waals surface area contributed by atoms with Crippen molar-refractivity contribution in [1.82, 2.24) is 0 Å². The molecule has 1 aromatic rings. The van der Waals surface area contributed by atoms with Crippen LogP contribution in [-0.2, 0) is 6.18 Å². The third kappa shape index (κ3) is 3.25. The van der Waals surface area contributed by atoms with Gasteiger partial charge in [-0.1, -0.05) is 5.16 Å². The van der Waals surface area contributed by atoms with Gasteiger partial charge in [-0.05, 0) is 25.1 Å². The van der Waals surface area contributed by atoms with Gasteiger partial charge in [0, 0.05) is 5.69 Å². The molecule has 0 saturated heterocycles. The summed E-state index contributed by atoms with van der Waals surface area (Å²) >= 11 is 0. The van der Waals surface area contributed by atoms with Gasteiger partial charge in [-0.25, -0.2) is 4.39 Å². The average molecular weight is 265 g/mol. The highest BCUT2D eigenvalue weighted by atomic mass is 19.4. The van der Waals surface area contributed by atoms with Crippen LogP contribution in [0.3, 0.4) is 0 Å². The van der Waals surface area contributed by atoms with E-state index in [4.69, 9.17) is 10.9 Å². The standard InChI is InChI=1S/C10H11F4N3O/c1-5(9(15)17-18)16-6-2-3-8(11)7(4-6)10(12,13)14/h2-5,16,18H,1H3,(H2,15,17). The number of hydrogen-bond acceptors (Lipinski definition) is 3. The Bertz CT molecular complexity index is 459. The molecule has 0 bridgehead atoms. The molecule has 0 aliphatic heterocycles. The fraction of sp³-hybridized carbons (Fsp3) is 0.300. The Hall–Kier alpha value is -1.99. The van der Waals surface area contributed by atoms with E-state index < -0.39 is 23.6 Å². The first-order valence-corrected chi connectivity index (χ1v) is 4.86. The second-order valence-corrected chi connectivity index (χ2v) is 3.58. The number of amidine groups is 1. The molecule has 0 aromatic heterocycles. The molecule has 1 atom stereocenters. The quantitative estimate of drug-likeness (QED) is 0.258. The second kappa shape index (κ2) is 5.11. The zero-order valence-electron chi connectivity index (χ0n) is 9.29. The fourth-order valence-corrected chi connectivity index (χ4v) is 1.24. The van der Waals surface area contributed by atoms with Crippen LogP contribution >= 0.6 is 0 Å². The highest BCUT2D eigenvalue weighted by molar-refractivity contribution is 5.87. The van der Waals surface area contributed by atoms with E-state index in [1.54, 1.807) is 0 Å². The number of hydrogen-bond donors (Lipinski definition) is 3. The topological polar surface area (TPSA) is 70.6 Å². The summed E-state index contributed by atoms with van der Waals surface area (Å²) in [4.78, 5) is 0. The van der Waals surface area contributed by atoms with Crippen LogP contribution in [0.25, 0.3) is 0 Å². The van der Waals surface area contributed by atoms with Crippen molar-refractivity contribution < 1.29 is 22.8 Å². The molecule has 1 aromatic carbocycles. The van der Waals surface area contributed by atoms with Gasteiger partial charge in [0.05, 0.1) is 11.6 Å². The van der Waals surface area contributed by atoms with E-state index in [0.717, 1.165) is 6.07 Å². The fourth-order valence-electron chi connectivity index (χ4n) is 1.24. The Balaban J connectivity index is 3.00. The minimum Gasteiger partial charge on any atom is -0.409 e. The number of nitrogens with zero attached hydrogens (tertiary/aromatic N) is 1. The first-order chi connectivity index (χ1) is 8.25. The summed E-state index contributed by atoms with van der Waals surface area (Å²) in [5.41, 5.74) is 3.90. The van der Waals surface area contributed by atoms with Crippen molar-refractivity contribution in [2.75, 3.05) is 5.32 Å². The summed E-state index contributed by atoms with van der Waals surface area (Å²) in [5, 5.41) is 13.7. The number of benzene rings is 1. The van der Waals surface area contributed by atoms with E-state index in [1.165, 1.54) is 6.92 Å². The van der Waals surface area contributed by atoms with E-state index >= 15 is 0 Å². The SMILES string of the molecule is CC(Nc1ccc(F)c(C(F)(F)F)c1)C(N)=NO. The van der Waals surface area contributed by atoms with Gasteiger partial charge in [-0.15, -0.1) is 0 Å². The maximum atomic E-state index is 13.0. The summed E-state index contributed by atoms with van der Waals surface area (Å²) in [5.74, 6) is -1.56. The Labute approximate surface area is 100 Å². The Morgan fingerprint density at radius 1 is 1.44 bits per heavy atom. The van der Waals surface area contributed by atoms with Crippen molar-refractivity contribution >= 4 is 11.5 Å². The molecule has 0 aliphatic carbocycles. The molecular weight excluding hydrogens is 254 g/mol. The molecule has 18 heavy (non-hydrogen) atoms. The number of alkyl halides is 3. The Morgan fingerprint density at radius 2 is 2.06 bits per heavy atom. The summed E-state index contributed by atoms with van der Waals surface area (Å²) in [7, 11) is 0. The van der Waals surface area contributed by atoms with Crippen molar-refractivity contribution in [3.8, 4) is 0 Å². The minimum atomic E-state index is -4.78. The normalized spacial score (nSPS) is 14.4. The van der Waals surface area contributed by atoms with E-state index in [-0.39, 0.29) is 11.5 Å². The maximum Gasteiger partial charge on any atom is 0.419 e. The summed E-state index contributed by atoms with van der Waals surface area (Å²) in [6.07, 6.45) is -4.78. The van der Waals surface area contributed by atoms with Crippen LogP contribution in [0.5, 0.6) is 0 Å². The zero-order valence-corrected chi connectivity index (χ0v) is 9.29. The van der Waals surface area contributed by atoms with Crippen molar-refractivity contribution in [1.29, 1.82) is 0 Å². The van der Waals surface area contributed by atoms with Crippen molar-refractivity contribution in [3.63, 3.8) is 0 Å². The van der Waals surface area contributed by atoms with Gasteiger partial charge in [0.2, 0.25) is 0 Å². The lowest BCUT2D eigenvalue weighted by molar-refractivity contribution is -0.139. The molecule has 0 radical (unpaired) electrons. The lowest BCUT2D eigenvalue weighted by atomic mass is 10.1. The van der Waals surface area contributed by atoms with Gasteiger partial charge in [0.1, 0.15) is 5.82 Å². The van der Waals surface area contributed by atoms with Crippen LogP contribution in [0, 0.1) is 5.82 Å². The van der Waals surface area contributed by atoms with E-state index in [1.807, 2.05) is 0 Å². The van der Waals surface area contributed by atoms with Gasteiger partial charge < -0.3 is 16.3 Å². The van der Waals surface area contributed by atoms with E-state index in [9.17, 15) is 17.6 Å². The lowest BCUT2D eigenvalue weighted by Crippen LogP contribution is -2.33. The molecule has 0 saturated carbocycles. The van der Waals surface area contributed by atoms with E-state index in [2.05, 4.69) is 10.5 Å². The Morgan fingerprint density at radius 3 is 2.56 bits per heavy atom. The second-order valence-electron chi connectivity index (χ2n) is 3.58. The predicted molar refractivity (Wildman–Crippen MR) is 57.9 cm³/mol. The van der Waals surface area contributed by atoms with Gasteiger partial charge in [-0.3, -0.25) is 0 Å². The first kappa shape index (κ1) is 14.1. The third-order valence-electron chi connectivity index (χ3n) is 2.21. The first-order valence-electron chi connectivity index (χ1n) is 4.86. The van der Waals surface area contributed by atoms with Crippen LogP contribution in [0.4, 0.5) is 23.2 Å². The predicted octanol–water partition coefficient (Wildman–Crippen LogP) is 2.39. The Kier molecular flexibility index (Phi) is 4.00. The molecule has 1 rings (SSSR count). The van der Waals surface area contributed by atoms with Crippen LogP contribution < -0.4 is 11.1 Å². The minimum absolute atomic E-state index is 0.0165. The van der Waals surface area contributed by atoms with Gasteiger partial charge in [0.15, 0.2) is 5.84 Å². The number of anilines is 1. The van der Waals surface area contributed by atoms with E-state index in [0.29, 0.717) is 12.1 Å². The highest BCUT2D eigenvalue weighted by Crippen LogP contribution is 2.33. The van der Waals surface area contributed by atoms with Gasteiger partial charge in [0.25, 0.3) is 0 Å². The van der Waals surface area contributed by atoms with Crippen molar-refractivity contribution in [2.24, 2.45) is 10.9 Å². The summed E-state index contributed by atoms with van der Waals surface area (Å²) < 4.78 is 50.3. The monoisotopic (exact) mass is 265 g/mol. The molecule has 4 nitrogen and oxygen atoms in total. The molecule has 8 heteroatoms. The van der Waals surface area contributed by atoms with Crippen molar-refractivity contribution in [3.05, 3.63) is 29.6 Å². The number of halogens is 4. The van der Waals surface area contributed by atoms with Crippen LogP contribution in [-0.4, -0.2) is 17.1 Å². The lowest BCUT2D eigenvalue weighted by Gasteiger charge is -2.15. The van der Waals surface area contributed by atoms with Crippen LogP contribution in [0.1, 0.15) is 12.5 Å². The maximum absolute atomic E-state index is 13.0. The largest absolute Gasteiger partial charge is 0.419 e. The number of nitrogens with two attached hydrogens (primary N) is 1. The summed E-state index contributed by atoms with van der Waals surface area (Å²) in [6, 6.07) is 1.76. The molecule has 4 N–H and O–H groups in total. The van der Waals surface area contributed by atoms with Gasteiger partial charge in [-0.2, -0.15) is 13.2 Å².